The van der Waals surface area contributed by atoms with Gasteiger partial charge in [0.05, 0.1) is 0 Å². The molecule has 0 aromatic rings. The summed E-state index contributed by atoms with van der Waals surface area (Å²) < 4.78 is 62.7. The van der Waals surface area contributed by atoms with Gasteiger partial charge >= 0.3 is 61.6 Å². The molecule has 0 aliphatic rings. The second-order valence-electron chi connectivity index (χ2n) is 0.961. The summed E-state index contributed by atoms with van der Waals surface area (Å²) in [5.41, 5.74) is 0. The monoisotopic (exact) mass is 306 g/mol. The quantitative estimate of drug-likeness (QED) is 0.289. The van der Waals surface area contributed by atoms with Crippen LogP contribution in [0.3, 0.4) is 0 Å². The summed E-state index contributed by atoms with van der Waals surface area (Å²) in [6, 6.07) is 0. The molecule has 10 heavy (non-hydrogen) atoms. The Morgan fingerprint density at radius 1 is 1.00 bits per heavy atom. The van der Waals surface area contributed by atoms with E-state index >= 15 is 0 Å². The molecule has 64 valence electrons. The van der Waals surface area contributed by atoms with Crippen LogP contribution in [0.5, 0.6) is 0 Å². The molecule has 0 amide bonds. The molecule has 0 bridgehead atoms. The van der Waals surface area contributed by atoms with E-state index in [-0.39, 0.29) is 0 Å². The van der Waals surface area contributed by atoms with Crippen molar-refractivity contribution < 1.29 is 47.1 Å². The second kappa shape index (κ2) is 4.35. The van der Waals surface area contributed by atoms with Crippen molar-refractivity contribution in [3.63, 3.8) is 0 Å². The zero-order chi connectivity index (χ0) is 9.00. The first-order chi connectivity index (χ1) is 4.00. The predicted octanol–water partition coefficient (Wildman–Crippen LogP) is -3.52. The van der Waals surface area contributed by atoms with E-state index in [1.165, 1.54) is 0 Å². The third kappa shape index (κ3) is 2350. The third-order valence-corrected chi connectivity index (χ3v) is 0. The number of hydrogen-bond donors (Lipinski definition) is 5. The van der Waals surface area contributed by atoms with Gasteiger partial charge < -0.3 is 0 Å². The van der Waals surface area contributed by atoms with Crippen LogP contribution >= 0.6 is 0 Å². The minimum atomic E-state index is -5.52. The van der Waals surface area contributed by atoms with Crippen molar-refractivity contribution >= 4 is 14.5 Å². The molecule has 0 radical (unpaired) electrons. The Morgan fingerprint density at radius 3 is 1.00 bits per heavy atom. The van der Waals surface area contributed by atoms with Crippen molar-refractivity contribution in [3.05, 3.63) is 0 Å². The van der Waals surface area contributed by atoms with Crippen LogP contribution < -0.4 is 0 Å². The van der Waals surface area contributed by atoms with Gasteiger partial charge in [0.15, 0.2) is 0 Å². The fourth-order valence-corrected chi connectivity index (χ4v) is 0. The molecule has 0 saturated carbocycles. The first-order valence-corrected chi connectivity index (χ1v) is 8.20. The second-order valence-corrected chi connectivity index (χ2v) is 5.32. The van der Waals surface area contributed by atoms with E-state index in [2.05, 4.69) is 0 Å². The van der Waals surface area contributed by atoms with E-state index < -0.39 is 31.3 Å². The first kappa shape index (κ1) is 13.1. The van der Waals surface area contributed by atoms with Crippen molar-refractivity contribution in [2.24, 2.45) is 0 Å². The Balaban J connectivity index is 0. The molecule has 0 heterocycles. The zero-order valence-electron chi connectivity index (χ0n) is 4.32. The van der Waals surface area contributed by atoms with E-state index in [0.717, 1.165) is 0 Å². The summed E-state index contributed by atoms with van der Waals surface area (Å²) in [5.74, 6) is 0. The van der Waals surface area contributed by atoms with Crippen LogP contribution in [-0.2, 0) is 27.3 Å². The van der Waals surface area contributed by atoms with Crippen LogP contribution in [-0.4, -0.2) is 34.3 Å². The van der Waals surface area contributed by atoms with Crippen LogP contribution in [0.2, 0.25) is 0 Å². The molecular weight excluding hydrogens is 299 g/mol. The van der Waals surface area contributed by atoms with E-state index in [0.29, 0.717) is 0 Å². The fourth-order valence-electron chi connectivity index (χ4n) is 0. The molecule has 8 nitrogen and oxygen atoms in total. The molecule has 0 fully saturated rings. The Bertz CT molecular complexity index is 187. The maximum absolute atomic E-state index is 8.94. The summed E-state index contributed by atoms with van der Waals surface area (Å²) in [4.78, 5) is 0. The van der Waals surface area contributed by atoms with E-state index in [1.807, 2.05) is 0 Å². The average molecular weight is 304 g/mol. The Morgan fingerprint density at radius 2 is 1.00 bits per heavy atom. The Labute approximate surface area is 61.8 Å². The van der Waals surface area contributed by atoms with Gasteiger partial charge in [-0.1, -0.05) is 0 Å². The first-order valence-electron chi connectivity index (χ1n) is 1.48. The molecule has 0 rings (SSSR count). The standard InChI is InChI=1S/AsH3O4.Mo.2H2O.2O/c2-1(3,4)5;;;;;/h(H3,2,3,4,5);;2*1H2;;/q;+2;;;;/p-2. The molecule has 0 aromatic heterocycles. The van der Waals surface area contributed by atoms with Gasteiger partial charge in [-0.3, -0.25) is 0 Å². The minimum absolute atomic E-state index is 5.12. The van der Waals surface area contributed by atoms with Gasteiger partial charge in [0, 0.05) is 0 Å². The van der Waals surface area contributed by atoms with Crippen molar-refractivity contribution in [1.82, 2.24) is 0 Å². The van der Waals surface area contributed by atoms with Crippen molar-refractivity contribution in [3.8, 4) is 0 Å². The van der Waals surface area contributed by atoms with Gasteiger partial charge in [0.2, 0.25) is 0 Å². The van der Waals surface area contributed by atoms with Crippen LogP contribution in [0.25, 0.3) is 0 Å². The molecule has 0 saturated heterocycles. The molecule has 0 aliphatic carbocycles. The zero-order valence-corrected chi connectivity index (χ0v) is 8.20. The van der Waals surface area contributed by atoms with Gasteiger partial charge in [-0.15, -0.1) is 0 Å². The van der Waals surface area contributed by atoms with Gasteiger partial charge in [-0.2, -0.15) is 0 Å². The summed E-state index contributed by atoms with van der Waals surface area (Å²) in [5, 5.41) is 0. The average Bonchev–Trinajstić information content (AvgIpc) is 1.12. The SMILES string of the molecule is O=[As](O)(O)O.[O]=[Mo](=[O])([OH])[OH]. The Kier molecular flexibility index (Phi) is 5.68. The normalized spacial score (nSPS) is 11.7. The predicted molar refractivity (Wildman–Crippen MR) is 18.9 cm³/mol. The van der Waals surface area contributed by atoms with Gasteiger partial charge in [0.25, 0.3) is 0 Å². The fraction of sp³-hybridized carbons (Fsp3) is 0. The van der Waals surface area contributed by atoms with E-state index in [9.17, 15) is 0 Å². The molecule has 0 spiro atoms. The van der Waals surface area contributed by atoms with Crippen LogP contribution in [0.15, 0.2) is 0 Å². The van der Waals surface area contributed by atoms with E-state index in [1.54, 1.807) is 0 Å². The van der Waals surface area contributed by atoms with Crippen LogP contribution in [0.4, 0.5) is 0 Å². The van der Waals surface area contributed by atoms with Crippen LogP contribution in [0.1, 0.15) is 0 Å². The van der Waals surface area contributed by atoms with Gasteiger partial charge in [0.1, 0.15) is 0 Å². The molecule has 0 aliphatic heterocycles. The summed E-state index contributed by atoms with van der Waals surface area (Å²) >= 11 is -10.6. The number of rotatable bonds is 0. The molecule has 10 heteroatoms. The Hall–Kier alpha value is 0.447. The van der Waals surface area contributed by atoms with Crippen molar-refractivity contribution in [2.45, 2.75) is 0 Å². The maximum atomic E-state index is 8.94. The molecule has 0 atom stereocenters. The molecular formula is H5AsMoO8. The van der Waals surface area contributed by atoms with Gasteiger partial charge in [-0.25, -0.2) is 0 Å². The summed E-state index contributed by atoms with van der Waals surface area (Å²) in [6.45, 7) is 0. The van der Waals surface area contributed by atoms with Gasteiger partial charge in [-0.05, 0) is 0 Å². The van der Waals surface area contributed by atoms with Crippen LogP contribution in [0, 0.1) is 0 Å². The summed E-state index contributed by atoms with van der Waals surface area (Å²) in [7, 11) is 0. The van der Waals surface area contributed by atoms with Crippen molar-refractivity contribution in [2.75, 3.05) is 0 Å². The van der Waals surface area contributed by atoms with Crippen molar-refractivity contribution in [1.29, 1.82) is 0 Å². The van der Waals surface area contributed by atoms with E-state index in [4.69, 9.17) is 30.3 Å². The molecule has 5 N–H and O–H groups in total. The molecule has 0 aromatic carbocycles. The molecule has 0 unspecified atom stereocenters. The topological polar surface area (TPSA) is 152 Å². The third-order valence-electron chi connectivity index (χ3n) is 0. The summed E-state index contributed by atoms with van der Waals surface area (Å²) in [6.07, 6.45) is 0. The number of hydrogen-bond acceptors (Lipinski definition) is 3.